The van der Waals surface area contributed by atoms with Gasteiger partial charge in [0, 0.05) is 18.5 Å². The van der Waals surface area contributed by atoms with Crippen LogP contribution in [0.5, 0.6) is 0 Å². The van der Waals surface area contributed by atoms with Gasteiger partial charge < -0.3 is 0 Å². The van der Waals surface area contributed by atoms with E-state index in [0.29, 0.717) is 5.56 Å². The van der Waals surface area contributed by atoms with Crippen molar-refractivity contribution in [2.24, 2.45) is 0 Å². The molecule has 0 unspecified atom stereocenters. The predicted molar refractivity (Wildman–Crippen MR) is 92.8 cm³/mol. The number of fused-ring (bicyclic) bond motifs is 3. The summed E-state index contributed by atoms with van der Waals surface area (Å²) in [6.07, 6.45) is 1.56. The zero-order chi connectivity index (χ0) is 17.3. The number of hydrogen-bond acceptors (Lipinski definition) is 2. The summed E-state index contributed by atoms with van der Waals surface area (Å²) >= 11 is 1.13. The first-order chi connectivity index (χ1) is 10.6. The molecule has 0 fully saturated rings. The predicted octanol–water partition coefficient (Wildman–Crippen LogP) is 6.49. The molecule has 0 amide bonds. The summed E-state index contributed by atoms with van der Waals surface area (Å²) in [4.78, 5) is 0.176. The number of hydrogen-bond donors (Lipinski definition) is 0. The van der Waals surface area contributed by atoms with Gasteiger partial charge in [0.1, 0.15) is 0 Å². The van der Waals surface area contributed by atoms with Crippen molar-refractivity contribution in [1.82, 2.24) is 9.78 Å². The van der Waals surface area contributed by atoms with E-state index in [9.17, 15) is 8.78 Å². The Morgan fingerprint density at radius 3 is 2.32 bits per heavy atom. The van der Waals surface area contributed by atoms with Gasteiger partial charge in [-0.1, -0.05) is 41.5 Å². The zero-order valence-corrected chi connectivity index (χ0v) is 15.5. The third kappa shape index (κ3) is 4.15. The van der Waals surface area contributed by atoms with Gasteiger partial charge in [0.15, 0.2) is 0 Å². The molecule has 0 radical (unpaired) electrons. The lowest BCUT2D eigenvalue weighted by molar-refractivity contribution is -0.0122. The first kappa shape index (κ1) is 20.8. The van der Waals surface area contributed by atoms with Crippen molar-refractivity contribution >= 4 is 11.3 Å². The van der Waals surface area contributed by atoms with Crippen LogP contribution in [0.15, 0.2) is 17.6 Å². The maximum absolute atomic E-state index is 13.8. The van der Waals surface area contributed by atoms with Crippen molar-refractivity contribution in [3.8, 4) is 11.3 Å². The lowest BCUT2D eigenvalue weighted by atomic mass is 10.1. The number of aryl methyl sites for hydroxylation is 2. The van der Waals surface area contributed by atoms with Crippen LogP contribution < -0.4 is 0 Å². The van der Waals surface area contributed by atoms with Crippen LogP contribution in [-0.4, -0.2) is 9.78 Å². The molecule has 0 aliphatic carbocycles. The van der Waals surface area contributed by atoms with E-state index in [-0.39, 0.29) is 17.8 Å². The minimum atomic E-state index is -2.73. The van der Waals surface area contributed by atoms with E-state index >= 15 is 0 Å². The van der Waals surface area contributed by atoms with Crippen molar-refractivity contribution in [3.05, 3.63) is 28.1 Å². The molecule has 0 bridgehead atoms. The zero-order valence-electron chi connectivity index (χ0n) is 14.7. The van der Waals surface area contributed by atoms with Crippen LogP contribution in [-0.2, 0) is 12.5 Å². The number of aromatic nitrogens is 2. The maximum atomic E-state index is 13.8. The fourth-order valence-electron chi connectivity index (χ4n) is 2.14. The molecule has 1 aliphatic heterocycles. The Kier molecular flexibility index (Phi) is 9.18. The highest BCUT2D eigenvalue weighted by atomic mass is 32.1. The summed E-state index contributed by atoms with van der Waals surface area (Å²) in [5.74, 6) is -2.73. The van der Waals surface area contributed by atoms with E-state index < -0.39 is 5.92 Å². The van der Waals surface area contributed by atoms with Crippen LogP contribution in [0.4, 0.5) is 8.78 Å². The molecule has 2 aromatic heterocycles. The van der Waals surface area contributed by atoms with Crippen LogP contribution in [0.2, 0.25) is 0 Å². The molecular formula is C17H28F2N2S. The fourth-order valence-corrected chi connectivity index (χ4v) is 3.04. The first-order valence-electron chi connectivity index (χ1n) is 8.08. The number of rotatable bonds is 0. The highest BCUT2D eigenvalue weighted by molar-refractivity contribution is 7.10. The fraction of sp³-hybridized carbons (Fsp3) is 0.588. The second-order valence-corrected chi connectivity index (χ2v) is 4.93. The van der Waals surface area contributed by atoms with Crippen LogP contribution in [0, 0.1) is 6.92 Å². The molecule has 22 heavy (non-hydrogen) atoms. The molecule has 2 nitrogen and oxygen atoms in total. The molecule has 2 aromatic rings. The third-order valence-corrected chi connectivity index (χ3v) is 3.94. The van der Waals surface area contributed by atoms with Crippen molar-refractivity contribution in [3.63, 3.8) is 0 Å². The molecule has 0 saturated carbocycles. The molecule has 1 aliphatic rings. The summed E-state index contributed by atoms with van der Waals surface area (Å²) in [6.45, 7) is 14.2. The van der Waals surface area contributed by atoms with Crippen molar-refractivity contribution < 1.29 is 8.78 Å². The Hall–Kier alpha value is -1.23. The summed E-state index contributed by atoms with van der Waals surface area (Å²) in [5.41, 5.74) is 2.44. The van der Waals surface area contributed by atoms with Gasteiger partial charge in [0.25, 0.3) is 5.92 Å². The molecule has 0 aromatic carbocycles. The van der Waals surface area contributed by atoms with E-state index in [1.54, 1.807) is 22.3 Å². The van der Waals surface area contributed by atoms with E-state index in [4.69, 9.17) is 0 Å². The van der Waals surface area contributed by atoms with Gasteiger partial charge in [-0.3, -0.25) is 4.68 Å². The van der Waals surface area contributed by atoms with E-state index in [0.717, 1.165) is 22.6 Å². The quantitative estimate of drug-likeness (QED) is 0.539. The summed E-state index contributed by atoms with van der Waals surface area (Å²) in [6, 6.07) is 1.76. The Labute approximate surface area is 137 Å². The molecular weight excluding hydrogens is 302 g/mol. The van der Waals surface area contributed by atoms with Crippen molar-refractivity contribution in [2.75, 3.05) is 0 Å². The summed E-state index contributed by atoms with van der Waals surface area (Å²) in [7, 11) is 0. The smallest absolute Gasteiger partial charge is 0.264 e. The summed E-state index contributed by atoms with van der Waals surface area (Å²) in [5, 5.41) is 5.87. The standard InChI is InChI=1S/C11H10F2N2S.3C2H6/c1-7-6-14-15-4-3-11(12,13)10-8(9(7)15)2-5-16-10;3*1-2/h2,5-6H,3-4H2,1H3;3*1-2H3. The van der Waals surface area contributed by atoms with Gasteiger partial charge in [-0.15, -0.1) is 11.3 Å². The monoisotopic (exact) mass is 330 g/mol. The number of alkyl halides is 2. The topological polar surface area (TPSA) is 17.8 Å². The van der Waals surface area contributed by atoms with Gasteiger partial charge in [-0.2, -0.15) is 5.10 Å². The lowest BCUT2D eigenvalue weighted by Gasteiger charge is -2.12. The van der Waals surface area contributed by atoms with Crippen LogP contribution >= 0.6 is 11.3 Å². The SMILES string of the molecule is CC.CC.CC.Cc1cnn2c1-c1ccsc1C(F)(F)CC2. The number of thiophene rings is 1. The van der Waals surface area contributed by atoms with Crippen molar-refractivity contribution in [1.29, 1.82) is 0 Å². The van der Waals surface area contributed by atoms with Gasteiger partial charge in [-0.25, -0.2) is 8.78 Å². The average Bonchev–Trinajstić information content (AvgIpc) is 3.16. The molecule has 0 spiro atoms. The molecule has 3 heterocycles. The highest BCUT2D eigenvalue weighted by Crippen LogP contribution is 2.45. The second-order valence-electron chi connectivity index (χ2n) is 4.02. The number of halogens is 2. The lowest BCUT2D eigenvalue weighted by Crippen LogP contribution is -2.13. The Balaban J connectivity index is 0.000000661. The van der Waals surface area contributed by atoms with Crippen molar-refractivity contribution in [2.45, 2.75) is 67.4 Å². The van der Waals surface area contributed by atoms with Gasteiger partial charge in [0.05, 0.1) is 16.8 Å². The molecule has 3 rings (SSSR count). The average molecular weight is 330 g/mol. The molecule has 0 atom stereocenters. The summed E-state index contributed by atoms with van der Waals surface area (Å²) < 4.78 is 29.4. The second kappa shape index (κ2) is 9.72. The Morgan fingerprint density at radius 2 is 1.73 bits per heavy atom. The highest BCUT2D eigenvalue weighted by Gasteiger charge is 2.38. The Bertz CT molecular complexity index is 545. The molecule has 0 saturated heterocycles. The van der Waals surface area contributed by atoms with E-state index in [2.05, 4.69) is 5.10 Å². The van der Waals surface area contributed by atoms with Crippen LogP contribution in [0.25, 0.3) is 11.3 Å². The van der Waals surface area contributed by atoms with Gasteiger partial charge in [-0.05, 0) is 23.9 Å². The molecule has 5 heteroatoms. The van der Waals surface area contributed by atoms with Crippen LogP contribution in [0.1, 0.15) is 58.4 Å². The first-order valence-corrected chi connectivity index (χ1v) is 8.96. The molecule has 0 N–H and O–H groups in total. The van der Waals surface area contributed by atoms with Crippen LogP contribution in [0.3, 0.4) is 0 Å². The van der Waals surface area contributed by atoms with Gasteiger partial charge >= 0.3 is 0 Å². The largest absolute Gasteiger partial charge is 0.284 e. The Morgan fingerprint density at radius 1 is 1.14 bits per heavy atom. The van der Waals surface area contributed by atoms with E-state index in [1.165, 1.54) is 0 Å². The maximum Gasteiger partial charge on any atom is 0.284 e. The third-order valence-electron chi connectivity index (χ3n) is 2.91. The normalized spacial score (nSPS) is 13.7. The van der Waals surface area contributed by atoms with E-state index in [1.807, 2.05) is 48.5 Å². The molecule has 126 valence electrons. The van der Waals surface area contributed by atoms with Gasteiger partial charge in [0.2, 0.25) is 0 Å². The minimum absolute atomic E-state index is 0.172. The minimum Gasteiger partial charge on any atom is -0.264 e. The number of nitrogens with zero attached hydrogens (tertiary/aromatic N) is 2.